The van der Waals surface area contributed by atoms with E-state index >= 15 is 0 Å². The Bertz CT molecular complexity index is 397. The molecule has 4 nitrogen and oxygen atoms in total. The molecule has 0 saturated carbocycles. The highest BCUT2D eigenvalue weighted by molar-refractivity contribution is 5.69. The third kappa shape index (κ3) is 2.30. The van der Waals surface area contributed by atoms with Gasteiger partial charge >= 0.3 is 6.09 Å². The molecule has 1 unspecified atom stereocenters. The number of ether oxygens (including phenoxy) is 1. The van der Waals surface area contributed by atoms with Gasteiger partial charge in [-0.25, -0.2) is 9.18 Å². The summed E-state index contributed by atoms with van der Waals surface area (Å²) in [5.41, 5.74) is 6.16. The lowest BCUT2D eigenvalue weighted by Crippen LogP contribution is -2.27. The van der Waals surface area contributed by atoms with Crippen LogP contribution in [0, 0.1) is 5.82 Å². The molecule has 16 heavy (non-hydrogen) atoms. The quantitative estimate of drug-likeness (QED) is 0.836. The maximum atomic E-state index is 12.9. The van der Waals surface area contributed by atoms with Crippen molar-refractivity contribution in [2.24, 2.45) is 5.73 Å². The third-order valence-electron chi connectivity index (χ3n) is 2.48. The lowest BCUT2D eigenvalue weighted by Gasteiger charge is -2.12. The van der Waals surface area contributed by atoms with Crippen LogP contribution < -0.4 is 5.73 Å². The lowest BCUT2D eigenvalue weighted by molar-refractivity contribution is 0.134. The van der Waals surface area contributed by atoms with Crippen molar-refractivity contribution in [3.8, 4) is 0 Å². The Balaban J connectivity index is 2.03. The fourth-order valence-electron chi connectivity index (χ4n) is 1.68. The maximum Gasteiger partial charge on any atom is 0.410 e. The molecule has 0 spiro atoms. The first-order valence-corrected chi connectivity index (χ1v) is 5.09. The molecule has 1 amide bonds. The average Bonchev–Trinajstić information content (AvgIpc) is 2.60. The van der Waals surface area contributed by atoms with Crippen molar-refractivity contribution in [1.82, 2.24) is 4.90 Å². The van der Waals surface area contributed by atoms with Crippen molar-refractivity contribution in [2.45, 2.75) is 12.6 Å². The first-order chi connectivity index (χ1) is 7.69. The third-order valence-corrected chi connectivity index (χ3v) is 2.48. The van der Waals surface area contributed by atoms with Gasteiger partial charge in [-0.1, -0.05) is 12.1 Å². The Hall–Kier alpha value is -1.62. The molecule has 1 saturated heterocycles. The molecule has 1 aromatic rings. The molecule has 1 aliphatic rings. The van der Waals surface area contributed by atoms with Gasteiger partial charge in [0.1, 0.15) is 11.9 Å². The highest BCUT2D eigenvalue weighted by atomic mass is 19.1. The minimum Gasteiger partial charge on any atom is -0.443 e. The van der Waals surface area contributed by atoms with Crippen LogP contribution in [0.2, 0.25) is 0 Å². The molecule has 0 bridgehead atoms. The largest absolute Gasteiger partial charge is 0.443 e. The molecule has 0 radical (unpaired) electrons. The summed E-state index contributed by atoms with van der Waals surface area (Å²) in [5.74, 6) is -0.305. The topological polar surface area (TPSA) is 55.6 Å². The fraction of sp³-hybridized carbons (Fsp3) is 0.364. The summed E-state index contributed by atoms with van der Waals surface area (Å²) in [6.45, 7) is 1.13. The molecular weight excluding hydrogens is 211 g/mol. The van der Waals surface area contributed by atoms with E-state index in [4.69, 9.17) is 10.5 Å². The van der Waals surface area contributed by atoms with E-state index in [2.05, 4.69) is 0 Å². The van der Waals surface area contributed by atoms with Gasteiger partial charge in [-0.15, -0.1) is 0 Å². The van der Waals surface area contributed by atoms with Gasteiger partial charge in [-0.3, -0.25) is 0 Å². The van der Waals surface area contributed by atoms with Crippen LogP contribution in [0.5, 0.6) is 0 Å². The van der Waals surface area contributed by atoms with Gasteiger partial charge in [0.2, 0.25) is 0 Å². The van der Waals surface area contributed by atoms with E-state index < -0.39 is 0 Å². The molecule has 1 fully saturated rings. The Kier molecular flexibility index (Phi) is 3.05. The number of halogens is 1. The molecule has 1 heterocycles. The normalized spacial score (nSPS) is 20.0. The van der Waals surface area contributed by atoms with Crippen LogP contribution in [0.4, 0.5) is 9.18 Å². The number of cyclic esters (lactones) is 1. The van der Waals surface area contributed by atoms with E-state index in [-0.39, 0.29) is 18.0 Å². The van der Waals surface area contributed by atoms with E-state index in [1.54, 1.807) is 12.1 Å². The van der Waals surface area contributed by atoms with Crippen molar-refractivity contribution in [2.75, 3.05) is 13.1 Å². The number of hydrogen-bond donors (Lipinski definition) is 1. The van der Waals surface area contributed by atoms with Gasteiger partial charge in [-0.2, -0.15) is 0 Å². The van der Waals surface area contributed by atoms with Crippen LogP contribution in [0.15, 0.2) is 24.3 Å². The van der Waals surface area contributed by atoms with E-state index in [0.717, 1.165) is 5.56 Å². The highest BCUT2D eigenvalue weighted by Gasteiger charge is 2.29. The van der Waals surface area contributed by atoms with Gasteiger partial charge in [-0.05, 0) is 17.7 Å². The van der Waals surface area contributed by atoms with Crippen LogP contribution in [0.25, 0.3) is 0 Å². The number of nitrogens with two attached hydrogens (primary N) is 1. The summed E-state index contributed by atoms with van der Waals surface area (Å²) in [5, 5.41) is 0. The molecular formula is C11H13FN2O2. The van der Waals surface area contributed by atoms with Gasteiger partial charge in [0.05, 0.1) is 6.54 Å². The van der Waals surface area contributed by atoms with Crippen LogP contribution in [-0.4, -0.2) is 30.2 Å². The zero-order valence-corrected chi connectivity index (χ0v) is 8.73. The zero-order valence-electron chi connectivity index (χ0n) is 8.73. The summed E-state index contributed by atoms with van der Waals surface area (Å²) in [4.78, 5) is 12.9. The summed E-state index contributed by atoms with van der Waals surface area (Å²) >= 11 is 0. The number of carbonyl (C=O) groups is 1. The monoisotopic (exact) mass is 224 g/mol. The maximum absolute atomic E-state index is 12.9. The minimum atomic E-state index is -0.389. The summed E-state index contributed by atoms with van der Waals surface area (Å²) in [6, 6.07) is 6.16. The van der Waals surface area contributed by atoms with Crippen LogP contribution in [0.3, 0.4) is 0 Å². The van der Waals surface area contributed by atoms with Gasteiger partial charge in [0.15, 0.2) is 0 Å². The Morgan fingerprint density at radius 2 is 2.38 bits per heavy atom. The number of amides is 1. The fourth-order valence-corrected chi connectivity index (χ4v) is 1.68. The molecule has 2 N–H and O–H groups in total. The van der Waals surface area contributed by atoms with Crippen molar-refractivity contribution in [1.29, 1.82) is 0 Å². The molecule has 0 aliphatic carbocycles. The zero-order chi connectivity index (χ0) is 11.5. The second-order valence-electron chi connectivity index (χ2n) is 3.75. The Morgan fingerprint density at radius 3 is 3.00 bits per heavy atom. The van der Waals surface area contributed by atoms with Gasteiger partial charge in [0.25, 0.3) is 0 Å². The molecule has 86 valence electrons. The molecule has 0 aromatic heterocycles. The molecule has 2 rings (SSSR count). The van der Waals surface area contributed by atoms with Crippen LogP contribution >= 0.6 is 0 Å². The summed E-state index contributed by atoms with van der Waals surface area (Å²) in [7, 11) is 0. The summed E-state index contributed by atoms with van der Waals surface area (Å²) < 4.78 is 17.9. The van der Waals surface area contributed by atoms with Crippen molar-refractivity contribution in [3.05, 3.63) is 35.6 Å². The predicted molar refractivity (Wildman–Crippen MR) is 56.1 cm³/mol. The molecule has 5 heteroatoms. The second-order valence-corrected chi connectivity index (χ2v) is 3.75. The van der Waals surface area contributed by atoms with Gasteiger partial charge in [0, 0.05) is 13.1 Å². The van der Waals surface area contributed by atoms with E-state index in [0.29, 0.717) is 19.6 Å². The number of benzene rings is 1. The van der Waals surface area contributed by atoms with E-state index in [9.17, 15) is 9.18 Å². The number of nitrogens with zero attached hydrogens (tertiary/aromatic N) is 1. The number of carbonyl (C=O) groups excluding carboxylic acids is 1. The number of rotatable bonds is 3. The second kappa shape index (κ2) is 4.49. The van der Waals surface area contributed by atoms with Crippen LogP contribution in [-0.2, 0) is 11.3 Å². The minimum absolute atomic E-state index is 0.249. The molecule has 1 atom stereocenters. The van der Waals surface area contributed by atoms with Crippen LogP contribution in [0.1, 0.15) is 5.56 Å². The standard InChI is InChI=1S/C11H13FN2O2/c12-9-3-1-2-8(4-9)6-14-7-10(5-13)16-11(14)15/h1-4,10H,5-7,13H2. The number of hydrogen-bond acceptors (Lipinski definition) is 3. The van der Waals surface area contributed by atoms with Crippen molar-refractivity contribution in [3.63, 3.8) is 0 Å². The SMILES string of the molecule is NCC1CN(Cc2cccc(F)c2)C(=O)O1. The lowest BCUT2D eigenvalue weighted by atomic mass is 10.2. The molecule has 1 aromatic carbocycles. The van der Waals surface area contributed by atoms with Crippen molar-refractivity contribution >= 4 is 6.09 Å². The smallest absolute Gasteiger partial charge is 0.410 e. The molecule has 1 aliphatic heterocycles. The predicted octanol–water partition coefficient (Wildman–Crippen LogP) is 1.11. The van der Waals surface area contributed by atoms with Gasteiger partial charge < -0.3 is 15.4 Å². The average molecular weight is 224 g/mol. The first-order valence-electron chi connectivity index (χ1n) is 5.09. The Labute approximate surface area is 92.8 Å². The highest BCUT2D eigenvalue weighted by Crippen LogP contribution is 2.15. The summed E-state index contributed by atoms with van der Waals surface area (Å²) in [6.07, 6.45) is -0.638. The van der Waals surface area contributed by atoms with E-state index in [1.807, 2.05) is 0 Å². The first kappa shape index (κ1) is 10.9. The van der Waals surface area contributed by atoms with Crippen molar-refractivity contribution < 1.29 is 13.9 Å². The Morgan fingerprint density at radius 1 is 1.56 bits per heavy atom. The van der Waals surface area contributed by atoms with E-state index in [1.165, 1.54) is 17.0 Å².